The van der Waals surface area contributed by atoms with Crippen molar-refractivity contribution in [2.75, 3.05) is 4.44 Å². The number of aryl methyl sites for hydroxylation is 1. The second kappa shape index (κ2) is 21.1. The molecule has 0 aliphatic heterocycles. The van der Waals surface area contributed by atoms with Crippen LogP contribution in [0.5, 0.6) is 0 Å². The molecule has 4 heteroatoms. The van der Waals surface area contributed by atoms with Gasteiger partial charge in [-0.2, -0.15) is 0 Å². The third kappa shape index (κ3) is 12.7. The Hall–Kier alpha value is -3.02. The molecule has 0 aliphatic carbocycles. The molecule has 0 N–H and O–H groups in total. The van der Waals surface area contributed by atoms with E-state index >= 15 is 0 Å². The maximum Gasteiger partial charge on any atom is 0.0870 e. The molecule has 5 aromatic carbocycles. The molecule has 0 radical (unpaired) electrons. The summed E-state index contributed by atoms with van der Waals surface area (Å²) in [5, 5.41) is 7.30. The Labute approximate surface area is 390 Å². The van der Waals surface area contributed by atoms with E-state index in [1.807, 2.05) is 0 Å². The maximum absolute atomic E-state index is 2.94. The van der Waals surface area contributed by atoms with Crippen molar-refractivity contribution in [3.8, 4) is 0 Å². The highest BCUT2D eigenvalue weighted by Gasteiger charge is 2.37. The van der Waals surface area contributed by atoms with Gasteiger partial charge in [-0.05, 0) is 68.5 Å². The minimum atomic E-state index is -1.75. The van der Waals surface area contributed by atoms with Crippen molar-refractivity contribution < 1.29 is 0 Å². The van der Waals surface area contributed by atoms with Crippen LogP contribution in [-0.2, 0) is 21.7 Å². The van der Waals surface area contributed by atoms with Crippen LogP contribution in [0, 0.1) is 6.92 Å². The fraction of sp³-hybridized carbons (Fsp3) is 0.492. The van der Waals surface area contributed by atoms with E-state index < -0.39 is 24.2 Å². The lowest BCUT2D eigenvalue weighted by atomic mass is 9.87. The van der Waals surface area contributed by atoms with E-state index in [1.165, 1.54) is 111 Å². The van der Waals surface area contributed by atoms with Crippen molar-refractivity contribution in [3.05, 3.63) is 143 Å². The molecule has 63 heavy (non-hydrogen) atoms. The number of rotatable bonds is 17. The average molecular weight is 898 g/mol. The number of nitrogens with zero attached hydrogens (tertiary/aromatic N) is 1. The average Bonchev–Trinajstić information content (AvgIpc) is 3.23. The highest BCUT2D eigenvalue weighted by molar-refractivity contribution is 7.90. The van der Waals surface area contributed by atoms with Gasteiger partial charge in [-0.1, -0.05) is 269 Å². The molecule has 0 heterocycles. The monoisotopic (exact) mass is 898 g/mol. The summed E-state index contributed by atoms with van der Waals surface area (Å²) in [4.78, 5) is 0. The van der Waals surface area contributed by atoms with Crippen LogP contribution in [0.2, 0.25) is 18.1 Å². The van der Waals surface area contributed by atoms with E-state index in [2.05, 4.69) is 230 Å². The van der Waals surface area contributed by atoms with Crippen LogP contribution < -0.4 is 30.8 Å². The Balaban J connectivity index is 1.90. The number of hydrogen-bond donors (Lipinski definition) is 0. The highest BCUT2D eigenvalue weighted by atomic mass is 31.2. The normalized spacial score (nSPS) is 13.0. The summed E-state index contributed by atoms with van der Waals surface area (Å²) in [5.41, 5.74) is 8.65. The molecular formula is C59H85NP2Si. The quantitative estimate of drug-likeness (QED) is 0.0664. The topological polar surface area (TPSA) is 3.24 Å². The van der Waals surface area contributed by atoms with Gasteiger partial charge in [0.2, 0.25) is 0 Å². The van der Waals surface area contributed by atoms with Crippen LogP contribution in [0.3, 0.4) is 0 Å². The summed E-state index contributed by atoms with van der Waals surface area (Å²) < 4.78 is 2.94. The molecule has 340 valence electrons. The van der Waals surface area contributed by atoms with Gasteiger partial charge in [0.15, 0.2) is 0 Å². The minimum Gasteiger partial charge on any atom is -0.313 e. The molecule has 0 amide bonds. The first-order chi connectivity index (χ1) is 29.5. The molecule has 0 unspecified atom stereocenters. The molecule has 0 fully saturated rings. The maximum atomic E-state index is 2.94. The van der Waals surface area contributed by atoms with Crippen LogP contribution in [0.25, 0.3) is 0 Å². The van der Waals surface area contributed by atoms with E-state index in [0.29, 0.717) is 0 Å². The van der Waals surface area contributed by atoms with Crippen molar-refractivity contribution in [3.63, 3.8) is 0 Å². The van der Waals surface area contributed by atoms with Gasteiger partial charge < -0.3 is 4.44 Å². The summed E-state index contributed by atoms with van der Waals surface area (Å²) >= 11 is 0. The van der Waals surface area contributed by atoms with E-state index in [4.69, 9.17) is 0 Å². The summed E-state index contributed by atoms with van der Waals surface area (Å²) in [5.74, 6) is 0. The minimum absolute atomic E-state index is 0.0716. The second-order valence-electron chi connectivity index (χ2n) is 22.7. The van der Waals surface area contributed by atoms with Crippen molar-refractivity contribution >= 4 is 56.3 Å². The first kappa shape index (κ1) is 51.0. The van der Waals surface area contributed by atoms with E-state index in [0.717, 1.165) is 0 Å². The van der Waals surface area contributed by atoms with Gasteiger partial charge in [0, 0.05) is 26.9 Å². The summed E-state index contributed by atoms with van der Waals surface area (Å²) in [6, 6.07) is 51.1. The summed E-state index contributed by atoms with van der Waals surface area (Å²) in [7, 11) is -3.83. The van der Waals surface area contributed by atoms with Crippen LogP contribution in [0.4, 0.5) is 5.69 Å². The Bertz CT molecular complexity index is 1920. The molecule has 0 saturated carbocycles. The van der Waals surface area contributed by atoms with E-state index in [9.17, 15) is 0 Å². The van der Waals surface area contributed by atoms with E-state index in [-0.39, 0.29) is 21.7 Å². The van der Waals surface area contributed by atoms with Gasteiger partial charge >= 0.3 is 0 Å². The van der Waals surface area contributed by atoms with Gasteiger partial charge in [0.1, 0.15) is 0 Å². The zero-order valence-electron chi connectivity index (χ0n) is 42.7. The largest absolute Gasteiger partial charge is 0.313 e. The van der Waals surface area contributed by atoms with E-state index in [1.54, 1.807) is 5.19 Å². The molecule has 0 bridgehead atoms. The molecular weight excluding hydrogens is 813 g/mol. The zero-order valence-corrected chi connectivity index (χ0v) is 45.5. The third-order valence-corrected chi connectivity index (χ3v) is 24.4. The van der Waals surface area contributed by atoms with Crippen LogP contribution >= 0.6 is 16.1 Å². The smallest absolute Gasteiger partial charge is 0.0870 e. The molecule has 0 atom stereocenters. The fourth-order valence-corrected chi connectivity index (χ4v) is 21.0. The number of benzene rings is 5. The lowest BCUT2D eigenvalue weighted by Crippen LogP contribution is -2.49. The summed E-state index contributed by atoms with van der Waals surface area (Å²) in [6.45, 7) is 37.6. The number of anilines is 1. The standard InChI is InChI=1S/C59H85NP2Si/c1-17-20-41-63(42-21-18-2,43-22-19-3)55-40-31-50(44-45(55)4)60(61(51-32-23-46(24-33-51)56(5,6)7)52-34-25-47(26-35-52)57(8,9)10)62(53-36-27-48(28-37-53)58(11,12)13)54-38-29-49(30-39-54)59(14,15)16/h23-40,44H,17-22,41-43H2,1-16H3. The molecule has 1 nitrogen and oxygen atoms in total. The van der Waals surface area contributed by atoms with Gasteiger partial charge in [-0.25, -0.2) is 0 Å². The molecule has 5 rings (SSSR count). The zero-order chi connectivity index (χ0) is 46.4. The van der Waals surface area contributed by atoms with Gasteiger partial charge in [0.25, 0.3) is 0 Å². The molecule has 0 aliphatic rings. The lowest BCUT2D eigenvalue weighted by Gasteiger charge is -2.42. The second-order valence-corrected chi connectivity index (χ2v) is 31.7. The number of unbranched alkanes of at least 4 members (excludes halogenated alkanes) is 3. The Morgan fingerprint density at radius 2 is 0.667 bits per heavy atom. The first-order valence-electron chi connectivity index (χ1n) is 24.5. The number of hydrogen-bond acceptors (Lipinski definition) is 1. The molecule has 0 spiro atoms. The van der Waals surface area contributed by atoms with Gasteiger partial charge in [-0.3, -0.25) is 0 Å². The predicted molar refractivity (Wildman–Crippen MR) is 291 cm³/mol. The molecule has 5 aromatic rings. The fourth-order valence-electron chi connectivity index (χ4n) is 9.16. The van der Waals surface area contributed by atoms with Gasteiger partial charge in [0.05, 0.1) is 24.2 Å². The van der Waals surface area contributed by atoms with Crippen LogP contribution in [-0.4, -0.2) is 8.07 Å². The van der Waals surface area contributed by atoms with Crippen molar-refractivity contribution in [2.45, 2.75) is 189 Å². The molecule has 0 aromatic heterocycles. The highest BCUT2D eigenvalue weighted by Crippen LogP contribution is 2.57. The predicted octanol–water partition coefficient (Wildman–Crippen LogP) is 16.1. The Morgan fingerprint density at radius 1 is 0.397 bits per heavy atom. The van der Waals surface area contributed by atoms with Crippen molar-refractivity contribution in [1.82, 2.24) is 0 Å². The third-order valence-electron chi connectivity index (χ3n) is 13.3. The first-order valence-corrected chi connectivity index (χ1v) is 29.7. The van der Waals surface area contributed by atoms with Crippen molar-refractivity contribution in [1.29, 1.82) is 0 Å². The Morgan fingerprint density at radius 3 is 0.889 bits per heavy atom. The van der Waals surface area contributed by atoms with Gasteiger partial charge in [-0.15, -0.1) is 0 Å². The summed E-state index contributed by atoms with van der Waals surface area (Å²) in [6.07, 6.45) is 7.85. The van der Waals surface area contributed by atoms with Crippen LogP contribution in [0.15, 0.2) is 115 Å². The van der Waals surface area contributed by atoms with Crippen molar-refractivity contribution in [2.24, 2.45) is 0 Å². The Kier molecular flexibility index (Phi) is 17.1. The SMILES string of the molecule is CCCC[Si](CCCC)(CCCC)c1ccc(N(P(c2ccc(C(C)(C)C)cc2)c2ccc(C(C)(C)C)cc2)P(c2ccc(C(C)(C)C)cc2)c2ccc(C(C)(C)C)cc2)cc1C. The van der Waals surface area contributed by atoms with Crippen LogP contribution in [0.1, 0.15) is 170 Å². The molecule has 0 saturated heterocycles. The lowest BCUT2D eigenvalue weighted by molar-refractivity contribution is 0.590.